The molecule has 0 aliphatic heterocycles. The summed E-state index contributed by atoms with van der Waals surface area (Å²) in [5, 5.41) is 9.69. The van der Waals surface area contributed by atoms with Crippen LogP contribution in [0.3, 0.4) is 0 Å². The van der Waals surface area contributed by atoms with Crippen LogP contribution < -0.4 is 5.73 Å². The third kappa shape index (κ3) is 4.56. The molecule has 0 aliphatic rings. The predicted octanol–water partition coefficient (Wildman–Crippen LogP) is 2.80. The molecule has 1 aromatic rings. The van der Waals surface area contributed by atoms with Crippen molar-refractivity contribution in [3.63, 3.8) is 0 Å². The molecular formula is C14H20ClF2NO. The fourth-order valence-electron chi connectivity index (χ4n) is 1.71. The van der Waals surface area contributed by atoms with E-state index in [9.17, 15) is 13.9 Å². The molecule has 0 saturated heterocycles. The van der Waals surface area contributed by atoms with Crippen molar-refractivity contribution in [3.8, 4) is 0 Å². The van der Waals surface area contributed by atoms with E-state index in [0.29, 0.717) is 0 Å². The zero-order valence-corrected chi connectivity index (χ0v) is 11.6. The Morgan fingerprint density at radius 2 is 1.89 bits per heavy atom. The maximum atomic E-state index is 13.8. The van der Waals surface area contributed by atoms with E-state index in [1.165, 1.54) is 6.92 Å². The number of rotatable bonds is 6. The third-order valence-electron chi connectivity index (χ3n) is 3.07. The molecule has 19 heavy (non-hydrogen) atoms. The van der Waals surface area contributed by atoms with Crippen molar-refractivity contribution in [3.05, 3.63) is 48.6 Å². The fraction of sp³-hybridized carbons (Fsp3) is 0.429. The monoisotopic (exact) mass is 291 g/mol. The molecule has 2 nitrogen and oxygen atoms in total. The topological polar surface area (TPSA) is 46.2 Å². The van der Waals surface area contributed by atoms with Gasteiger partial charge in [0.05, 0.1) is 0 Å². The molecule has 108 valence electrons. The van der Waals surface area contributed by atoms with E-state index < -0.39 is 24.0 Å². The Morgan fingerprint density at radius 3 is 2.37 bits per heavy atom. The maximum absolute atomic E-state index is 13.8. The van der Waals surface area contributed by atoms with Crippen molar-refractivity contribution in [1.29, 1.82) is 0 Å². The molecule has 0 bridgehead atoms. The first-order valence-electron chi connectivity index (χ1n) is 5.87. The van der Waals surface area contributed by atoms with E-state index in [1.807, 2.05) is 6.07 Å². The summed E-state index contributed by atoms with van der Waals surface area (Å²) in [6.45, 7) is 4.63. The van der Waals surface area contributed by atoms with E-state index in [1.54, 1.807) is 24.3 Å². The summed E-state index contributed by atoms with van der Waals surface area (Å²) in [6, 6.07) is 8.02. The maximum Gasteiger partial charge on any atom is 0.280 e. The average Bonchev–Trinajstić information content (AvgIpc) is 2.37. The lowest BCUT2D eigenvalue weighted by atomic mass is 9.91. The van der Waals surface area contributed by atoms with Gasteiger partial charge in [-0.05, 0) is 12.0 Å². The zero-order valence-electron chi connectivity index (χ0n) is 10.8. The standard InChI is InChI=1S/C14H19F2NO.ClH/c1-3-10(2)14(15,16)13(18)12(17)9-11-7-5-4-6-8-11;/h3-8,10,12-13,18H,1,9,17H2,2H3;1H. The molecular weight excluding hydrogens is 272 g/mol. The van der Waals surface area contributed by atoms with Crippen LogP contribution in [0, 0.1) is 5.92 Å². The zero-order chi connectivity index (χ0) is 13.8. The van der Waals surface area contributed by atoms with Crippen molar-refractivity contribution in [2.45, 2.75) is 31.4 Å². The second-order valence-electron chi connectivity index (χ2n) is 4.50. The molecule has 0 fully saturated rings. The highest BCUT2D eigenvalue weighted by molar-refractivity contribution is 5.85. The quantitative estimate of drug-likeness (QED) is 0.792. The van der Waals surface area contributed by atoms with Gasteiger partial charge in [0.2, 0.25) is 0 Å². The highest BCUT2D eigenvalue weighted by atomic mass is 35.5. The minimum absolute atomic E-state index is 0. The lowest BCUT2D eigenvalue weighted by Crippen LogP contribution is -2.51. The highest BCUT2D eigenvalue weighted by Crippen LogP contribution is 2.31. The van der Waals surface area contributed by atoms with E-state index in [-0.39, 0.29) is 18.8 Å². The number of nitrogens with two attached hydrogens (primary N) is 1. The van der Waals surface area contributed by atoms with Gasteiger partial charge in [0, 0.05) is 12.0 Å². The number of halogens is 3. The Bertz CT molecular complexity index is 386. The number of hydrogen-bond acceptors (Lipinski definition) is 2. The Morgan fingerprint density at radius 1 is 1.37 bits per heavy atom. The van der Waals surface area contributed by atoms with Gasteiger partial charge in [-0.25, -0.2) is 8.78 Å². The number of benzene rings is 1. The van der Waals surface area contributed by atoms with Crippen molar-refractivity contribution >= 4 is 12.4 Å². The largest absolute Gasteiger partial charge is 0.385 e. The number of aliphatic hydroxyl groups is 1. The van der Waals surface area contributed by atoms with Gasteiger partial charge in [0.1, 0.15) is 6.10 Å². The van der Waals surface area contributed by atoms with E-state index in [2.05, 4.69) is 6.58 Å². The van der Waals surface area contributed by atoms with Gasteiger partial charge in [0.25, 0.3) is 5.92 Å². The first-order valence-corrected chi connectivity index (χ1v) is 5.87. The molecule has 0 amide bonds. The lowest BCUT2D eigenvalue weighted by molar-refractivity contribution is -0.139. The summed E-state index contributed by atoms with van der Waals surface area (Å²) in [5.74, 6) is -4.38. The van der Waals surface area contributed by atoms with E-state index in [0.717, 1.165) is 11.6 Å². The van der Waals surface area contributed by atoms with Gasteiger partial charge in [-0.2, -0.15) is 0 Å². The smallest absolute Gasteiger partial charge is 0.280 e. The molecule has 0 aromatic heterocycles. The van der Waals surface area contributed by atoms with Crippen molar-refractivity contribution in [2.24, 2.45) is 11.7 Å². The summed E-state index contributed by atoms with van der Waals surface area (Å²) in [4.78, 5) is 0. The van der Waals surface area contributed by atoms with Crippen LogP contribution in [0.1, 0.15) is 12.5 Å². The van der Waals surface area contributed by atoms with Crippen molar-refractivity contribution < 1.29 is 13.9 Å². The van der Waals surface area contributed by atoms with Crippen LogP contribution in [0.2, 0.25) is 0 Å². The molecule has 0 heterocycles. The van der Waals surface area contributed by atoms with Gasteiger partial charge < -0.3 is 10.8 Å². The summed E-state index contributed by atoms with van der Waals surface area (Å²) in [6.07, 6.45) is -0.550. The summed E-state index contributed by atoms with van der Waals surface area (Å²) < 4.78 is 27.5. The molecule has 1 aromatic carbocycles. The summed E-state index contributed by atoms with van der Waals surface area (Å²) in [5.41, 5.74) is 6.49. The molecule has 1 rings (SSSR count). The summed E-state index contributed by atoms with van der Waals surface area (Å²) in [7, 11) is 0. The summed E-state index contributed by atoms with van der Waals surface area (Å²) >= 11 is 0. The van der Waals surface area contributed by atoms with Crippen LogP contribution in [0.4, 0.5) is 8.78 Å². The first-order chi connectivity index (χ1) is 8.39. The molecule has 0 aliphatic carbocycles. The van der Waals surface area contributed by atoms with Crippen molar-refractivity contribution in [1.82, 2.24) is 0 Å². The van der Waals surface area contributed by atoms with Gasteiger partial charge in [0.15, 0.2) is 0 Å². The van der Waals surface area contributed by atoms with Crippen LogP contribution in [0.15, 0.2) is 43.0 Å². The van der Waals surface area contributed by atoms with Gasteiger partial charge in [-0.15, -0.1) is 19.0 Å². The predicted molar refractivity (Wildman–Crippen MR) is 75.7 cm³/mol. The SMILES string of the molecule is C=CC(C)C(F)(F)C(O)C(N)Cc1ccccc1.Cl. The second-order valence-corrected chi connectivity index (χ2v) is 4.50. The van der Waals surface area contributed by atoms with Gasteiger partial charge in [-0.1, -0.05) is 43.3 Å². The molecule has 3 N–H and O–H groups in total. The third-order valence-corrected chi connectivity index (χ3v) is 3.07. The highest BCUT2D eigenvalue weighted by Gasteiger charge is 2.45. The number of alkyl halides is 2. The first kappa shape index (κ1) is 18.0. The van der Waals surface area contributed by atoms with Gasteiger partial charge >= 0.3 is 0 Å². The Balaban J connectivity index is 0.00000324. The second kappa shape index (κ2) is 7.58. The minimum Gasteiger partial charge on any atom is -0.385 e. The Kier molecular flexibility index (Phi) is 7.19. The average molecular weight is 292 g/mol. The molecule has 0 saturated carbocycles. The lowest BCUT2D eigenvalue weighted by Gasteiger charge is -2.30. The number of aliphatic hydroxyl groups excluding tert-OH is 1. The normalized spacial score (nSPS) is 16.1. The molecule has 3 atom stereocenters. The fourth-order valence-corrected chi connectivity index (χ4v) is 1.71. The van der Waals surface area contributed by atoms with Crippen LogP contribution in [0.5, 0.6) is 0 Å². The molecule has 0 radical (unpaired) electrons. The van der Waals surface area contributed by atoms with E-state index >= 15 is 0 Å². The van der Waals surface area contributed by atoms with E-state index in [4.69, 9.17) is 5.73 Å². The molecule has 0 spiro atoms. The molecule has 3 unspecified atom stereocenters. The number of hydrogen-bond donors (Lipinski definition) is 2. The Labute approximate surface area is 118 Å². The van der Waals surface area contributed by atoms with Gasteiger partial charge in [-0.3, -0.25) is 0 Å². The van der Waals surface area contributed by atoms with Crippen LogP contribution in [-0.4, -0.2) is 23.2 Å². The van der Waals surface area contributed by atoms with Crippen LogP contribution in [-0.2, 0) is 6.42 Å². The minimum atomic E-state index is -3.27. The number of allylic oxidation sites excluding steroid dienone is 1. The Hall–Kier alpha value is -0.970. The van der Waals surface area contributed by atoms with Crippen LogP contribution in [0.25, 0.3) is 0 Å². The van der Waals surface area contributed by atoms with Crippen LogP contribution >= 0.6 is 12.4 Å². The van der Waals surface area contributed by atoms with Crippen molar-refractivity contribution in [2.75, 3.05) is 0 Å². The molecule has 5 heteroatoms.